The fourth-order valence-electron chi connectivity index (χ4n) is 3.88. The largest absolute Gasteiger partial charge is 0.484 e. The Morgan fingerprint density at radius 3 is 2.49 bits per heavy atom. The molecule has 10 heteroatoms. The average molecular weight is 489 g/mol. The highest BCUT2D eigenvalue weighted by Gasteiger charge is 2.31. The number of carbonyl (C=O) groups is 4. The molecule has 192 valence electrons. The summed E-state index contributed by atoms with van der Waals surface area (Å²) in [5, 5.41) is 8.51. The van der Waals surface area contributed by atoms with Crippen molar-refractivity contribution in [2.75, 3.05) is 33.4 Å². The van der Waals surface area contributed by atoms with Crippen LogP contribution in [0.25, 0.3) is 0 Å². The monoisotopic (exact) mass is 488 g/mol. The van der Waals surface area contributed by atoms with Gasteiger partial charge in [-0.2, -0.15) is 0 Å². The molecule has 0 spiro atoms. The second kappa shape index (κ2) is 12.5. The van der Waals surface area contributed by atoms with Crippen molar-refractivity contribution in [2.24, 2.45) is 5.92 Å². The Labute approximate surface area is 206 Å². The molecule has 1 saturated carbocycles. The van der Waals surface area contributed by atoms with Crippen LogP contribution in [0.2, 0.25) is 0 Å². The number of nitrogens with one attached hydrogen (secondary N) is 3. The van der Waals surface area contributed by atoms with E-state index in [0.29, 0.717) is 12.2 Å². The molecule has 1 fully saturated rings. The molecule has 0 radical (unpaired) electrons. The molecule has 2 heterocycles. The van der Waals surface area contributed by atoms with Crippen LogP contribution in [0.4, 0.5) is 0 Å². The standard InChI is InChI=1S/C25H36N4O6/c1-16(2)12-21-25(33)29(10-11-34-3)14-22(30)27-20(24(32)26-18-6-7-18)13-17-4-8-19(9-5-17)35-15-23(31)28-21/h4-5,8-9,16,18,20-21H,6-7,10-15H2,1-3H3,(H,26,32)(H,27,30)(H,28,31)/t20-,21-/m0/s1. The van der Waals surface area contributed by atoms with Crippen LogP contribution in [0, 0.1) is 5.92 Å². The molecule has 3 aliphatic rings. The number of methoxy groups -OCH3 is 1. The lowest BCUT2D eigenvalue weighted by Crippen LogP contribution is -2.55. The van der Waals surface area contributed by atoms with E-state index in [1.54, 1.807) is 24.3 Å². The molecule has 2 aliphatic heterocycles. The van der Waals surface area contributed by atoms with E-state index in [1.165, 1.54) is 12.0 Å². The van der Waals surface area contributed by atoms with Crippen molar-refractivity contribution in [1.29, 1.82) is 0 Å². The molecule has 2 bridgehead atoms. The highest BCUT2D eigenvalue weighted by Crippen LogP contribution is 2.19. The van der Waals surface area contributed by atoms with Gasteiger partial charge in [0.25, 0.3) is 5.91 Å². The van der Waals surface area contributed by atoms with E-state index in [2.05, 4.69) is 16.0 Å². The number of carbonyl (C=O) groups excluding carboxylic acids is 4. The Balaban J connectivity index is 1.87. The van der Waals surface area contributed by atoms with Crippen molar-refractivity contribution in [3.05, 3.63) is 29.8 Å². The van der Waals surface area contributed by atoms with Gasteiger partial charge in [-0.15, -0.1) is 0 Å². The maximum atomic E-state index is 13.4. The van der Waals surface area contributed by atoms with Crippen molar-refractivity contribution in [1.82, 2.24) is 20.9 Å². The van der Waals surface area contributed by atoms with Crippen LogP contribution >= 0.6 is 0 Å². The first-order valence-electron chi connectivity index (χ1n) is 12.1. The van der Waals surface area contributed by atoms with Gasteiger partial charge < -0.3 is 30.3 Å². The normalized spacial score (nSPS) is 21.9. The van der Waals surface area contributed by atoms with Crippen LogP contribution < -0.4 is 20.7 Å². The van der Waals surface area contributed by atoms with Gasteiger partial charge in [-0.1, -0.05) is 26.0 Å². The van der Waals surface area contributed by atoms with E-state index in [1.807, 2.05) is 13.8 Å². The third-order valence-corrected chi connectivity index (χ3v) is 5.86. The van der Waals surface area contributed by atoms with Crippen LogP contribution in [0.5, 0.6) is 5.75 Å². The third-order valence-electron chi connectivity index (χ3n) is 5.86. The second-order valence-corrected chi connectivity index (χ2v) is 9.54. The number of hydrogen-bond acceptors (Lipinski definition) is 6. The maximum Gasteiger partial charge on any atom is 0.258 e. The number of benzene rings is 1. The fraction of sp³-hybridized carbons (Fsp3) is 0.600. The minimum absolute atomic E-state index is 0.122. The topological polar surface area (TPSA) is 126 Å². The summed E-state index contributed by atoms with van der Waals surface area (Å²) in [6.07, 6.45) is 2.55. The number of ether oxygens (including phenoxy) is 2. The van der Waals surface area contributed by atoms with Crippen LogP contribution in [0.1, 0.15) is 38.7 Å². The minimum atomic E-state index is -0.819. The van der Waals surface area contributed by atoms with E-state index in [0.717, 1.165) is 18.4 Å². The summed E-state index contributed by atoms with van der Waals surface area (Å²) in [4.78, 5) is 53.2. The van der Waals surface area contributed by atoms with Crippen molar-refractivity contribution >= 4 is 23.6 Å². The van der Waals surface area contributed by atoms with E-state index in [-0.39, 0.29) is 56.5 Å². The number of hydrogen-bond donors (Lipinski definition) is 3. The maximum absolute atomic E-state index is 13.4. The minimum Gasteiger partial charge on any atom is -0.484 e. The second-order valence-electron chi connectivity index (χ2n) is 9.54. The molecule has 0 aromatic heterocycles. The molecule has 1 aromatic rings. The molecule has 2 atom stereocenters. The summed E-state index contributed by atoms with van der Waals surface area (Å²) >= 11 is 0. The summed E-state index contributed by atoms with van der Waals surface area (Å²) in [6, 6.07) is 5.59. The summed E-state index contributed by atoms with van der Waals surface area (Å²) in [5.41, 5.74) is 0.828. The SMILES string of the molecule is COCCN1CC(=O)N[C@H](C(=O)NC2CC2)Cc2ccc(cc2)OCC(=O)N[C@@H](CC(C)C)C1=O. The smallest absolute Gasteiger partial charge is 0.258 e. The lowest BCUT2D eigenvalue weighted by atomic mass is 10.0. The predicted octanol–water partition coefficient (Wildman–Crippen LogP) is 0.391. The van der Waals surface area contributed by atoms with Gasteiger partial charge in [-0.05, 0) is 42.9 Å². The number of fused-ring (bicyclic) bond motifs is 13. The van der Waals surface area contributed by atoms with Gasteiger partial charge in [0.15, 0.2) is 6.61 Å². The Kier molecular flexibility index (Phi) is 9.47. The molecule has 4 rings (SSSR count). The molecule has 35 heavy (non-hydrogen) atoms. The Bertz CT molecular complexity index is 900. The van der Waals surface area contributed by atoms with E-state index >= 15 is 0 Å². The highest BCUT2D eigenvalue weighted by molar-refractivity contribution is 5.93. The summed E-state index contributed by atoms with van der Waals surface area (Å²) in [7, 11) is 1.51. The van der Waals surface area contributed by atoms with Crippen molar-refractivity contribution in [3.63, 3.8) is 0 Å². The van der Waals surface area contributed by atoms with Gasteiger partial charge in [-0.3, -0.25) is 19.2 Å². The molecule has 1 aliphatic carbocycles. The number of rotatable bonds is 7. The molecule has 0 saturated heterocycles. The zero-order chi connectivity index (χ0) is 25.4. The molecule has 3 N–H and O–H groups in total. The molecular formula is C25H36N4O6. The quantitative estimate of drug-likeness (QED) is 0.477. The first-order chi connectivity index (χ1) is 16.7. The van der Waals surface area contributed by atoms with Crippen molar-refractivity contribution in [2.45, 2.75) is 57.7 Å². The Hall–Kier alpha value is -3.14. The van der Waals surface area contributed by atoms with Crippen LogP contribution in [0.3, 0.4) is 0 Å². The average Bonchev–Trinajstić information content (AvgIpc) is 3.63. The van der Waals surface area contributed by atoms with Gasteiger partial charge in [0.2, 0.25) is 17.7 Å². The zero-order valence-electron chi connectivity index (χ0n) is 20.7. The van der Waals surface area contributed by atoms with E-state index in [9.17, 15) is 19.2 Å². The molecule has 0 unspecified atom stereocenters. The first kappa shape index (κ1) is 26.5. The number of amides is 4. The molecule has 4 amide bonds. The summed E-state index contributed by atoms with van der Waals surface area (Å²) in [5.74, 6) is -0.889. The lowest BCUT2D eigenvalue weighted by Gasteiger charge is -2.29. The van der Waals surface area contributed by atoms with Gasteiger partial charge in [0, 0.05) is 26.1 Å². The fourth-order valence-corrected chi connectivity index (χ4v) is 3.88. The third kappa shape index (κ3) is 8.54. The first-order valence-corrected chi connectivity index (χ1v) is 12.1. The lowest BCUT2D eigenvalue weighted by molar-refractivity contribution is -0.141. The van der Waals surface area contributed by atoms with Crippen LogP contribution in [-0.4, -0.2) is 80.1 Å². The van der Waals surface area contributed by atoms with Gasteiger partial charge in [-0.25, -0.2) is 0 Å². The molecular weight excluding hydrogens is 452 g/mol. The Morgan fingerprint density at radius 2 is 1.86 bits per heavy atom. The van der Waals surface area contributed by atoms with Crippen molar-refractivity contribution in [3.8, 4) is 5.75 Å². The van der Waals surface area contributed by atoms with E-state index < -0.39 is 23.9 Å². The van der Waals surface area contributed by atoms with Gasteiger partial charge in [0.1, 0.15) is 17.8 Å². The van der Waals surface area contributed by atoms with Gasteiger partial charge in [0.05, 0.1) is 13.2 Å². The van der Waals surface area contributed by atoms with Crippen LogP contribution in [-0.2, 0) is 30.3 Å². The zero-order valence-corrected chi connectivity index (χ0v) is 20.7. The van der Waals surface area contributed by atoms with Crippen molar-refractivity contribution < 1.29 is 28.7 Å². The predicted molar refractivity (Wildman–Crippen MR) is 129 cm³/mol. The summed E-state index contributed by atoms with van der Waals surface area (Å²) in [6.45, 7) is 3.80. The van der Waals surface area contributed by atoms with E-state index in [4.69, 9.17) is 9.47 Å². The number of nitrogens with zero attached hydrogens (tertiary/aromatic N) is 1. The Morgan fingerprint density at radius 1 is 1.14 bits per heavy atom. The summed E-state index contributed by atoms with van der Waals surface area (Å²) < 4.78 is 10.7. The van der Waals surface area contributed by atoms with Crippen LogP contribution in [0.15, 0.2) is 24.3 Å². The molecule has 1 aromatic carbocycles. The molecule has 10 nitrogen and oxygen atoms in total. The highest BCUT2D eigenvalue weighted by atomic mass is 16.5. The van der Waals surface area contributed by atoms with Gasteiger partial charge >= 0.3 is 0 Å².